The lowest BCUT2D eigenvalue weighted by atomic mass is 10.0. The molecule has 12 aromatic rings. The van der Waals surface area contributed by atoms with E-state index in [1.807, 2.05) is 56.2 Å². The van der Waals surface area contributed by atoms with Gasteiger partial charge in [0, 0.05) is 130 Å². The molecule has 0 radical (unpaired) electrons. The fraction of sp³-hybridized carbons (Fsp3) is 0.258. The molecule has 12 heterocycles. The number of amides is 3. The zero-order valence-corrected chi connectivity index (χ0v) is 81.8. The van der Waals surface area contributed by atoms with Crippen molar-refractivity contribution in [3.8, 4) is 86.3 Å². The first-order valence-corrected chi connectivity index (χ1v) is 45.6. The molecule has 0 atom stereocenters. The van der Waals surface area contributed by atoms with Crippen LogP contribution >= 0.6 is 139 Å². The van der Waals surface area contributed by atoms with Crippen LogP contribution in [-0.4, -0.2) is 170 Å². The highest BCUT2D eigenvalue weighted by Gasteiger charge is 2.38. The first-order valence-electron chi connectivity index (χ1n) is 41.1. The topological polar surface area (TPSA) is 346 Å². The van der Waals surface area contributed by atoms with Crippen LogP contribution in [0.4, 0.5) is 30.2 Å². The number of carbonyl (C=O) groups excluding carboxylic acids is 3. The standard InChI is InChI=1S/3C31H25Cl4FN6O3/c3*1-5-19(43)40-8-10-41(11-9-40)28-16-12-18(32)26(20-21(33)24(36)23(35)29(44)22(20)34)39-30(16)42(31(45)17(28)13-37)27-15(4)6-7-38-25(27)14(2)3/h3*5-7,12,14,44H,1,8-11H2,2-4H3. The number of carbonyl (C=O) groups is 3. The van der Waals surface area contributed by atoms with Gasteiger partial charge in [-0.25, -0.2) is 28.1 Å². The Bertz CT molecular complexity index is 6650. The number of phenols is 3. The van der Waals surface area contributed by atoms with Gasteiger partial charge in [0.1, 0.15) is 66.9 Å². The molecular formula is C93H75Cl12F3N18O9. The summed E-state index contributed by atoms with van der Waals surface area (Å²) >= 11 is 76.3. The maximum absolute atomic E-state index is 15.0. The monoisotopic (exact) mass is 2060 g/mol. The van der Waals surface area contributed by atoms with Gasteiger partial charge in [0.05, 0.1) is 113 Å². The predicted molar refractivity (Wildman–Crippen MR) is 524 cm³/mol. The molecule has 15 rings (SSSR count). The Morgan fingerprint density at radius 2 is 0.600 bits per heavy atom. The number of hydrogen-bond acceptors (Lipinski definition) is 21. The molecule has 3 aliphatic heterocycles. The largest absolute Gasteiger partial charge is 0.505 e. The summed E-state index contributed by atoms with van der Waals surface area (Å²) in [4.78, 5) is 118. The van der Waals surface area contributed by atoms with E-state index in [0.29, 0.717) is 146 Å². The van der Waals surface area contributed by atoms with Gasteiger partial charge in [-0.15, -0.1) is 0 Å². The molecule has 3 amide bonds. The fourth-order valence-corrected chi connectivity index (χ4v) is 19.8. The Labute approximate surface area is 829 Å². The number of aryl methyl sites for hydroxylation is 3. The molecule has 135 heavy (non-hydrogen) atoms. The average Bonchev–Trinajstić information content (AvgIpc) is 0.728. The van der Waals surface area contributed by atoms with Crippen molar-refractivity contribution in [1.29, 1.82) is 15.8 Å². The minimum absolute atomic E-state index is 0.0537. The van der Waals surface area contributed by atoms with Crippen molar-refractivity contribution in [2.24, 2.45) is 0 Å². The third kappa shape index (κ3) is 18.2. The molecule has 3 N–H and O–H groups in total. The van der Waals surface area contributed by atoms with Gasteiger partial charge in [-0.2, -0.15) is 15.8 Å². The number of pyridine rings is 9. The third-order valence-electron chi connectivity index (χ3n) is 23.0. The Balaban J connectivity index is 0.000000171. The molecule has 42 heteroatoms. The molecule has 3 aliphatic rings. The SMILES string of the molecule is C=CC(=O)N1CCN(c2c(C#N)c(=O)n(-c3c(C)ccnc3C(C)C)c3nc(-c4c(Cl)c(O)c(Cl)c(F)c4Cl)c(Cl)cc23)CC1.C=CC(=O)N1CCN(c2c(C#N)c(=O)n(-c3c(C)ccnc3C(C)C)c3nc(-c4c(Cl)c(O)c(Cl)c(F)c4Cl)c(Cl)cc23)CC1.C=CC(=O)N1CCN(c2c(C#N)c(=O)n(-c3c(C)ccnc3C(C)C)c3nc(-c4c(Cl)c(O)c(Cl)c(F)c4Cl)c(Cl)cc23)CC1. The maximum atomic E-state index is 15.0. The summed E-state index contributed by atoms with van der Waals surface area (Å²) in [6.45, 7) is 31.2. The molecule has 3 fully saturated rings. The summed E-state index contributed by atoms with van der Waals surface area (Å²) < 4.78 is 48.9. The lowest BCUT2D eigenvalue weighted by molar-refractivity contribution is -0.127. The highest BCUT2D eigenvalue weighted by Crippen LogP contribution is 2.53. The van der Waals surface area contributed by atoms with E-state index in [0.717, 1.165) is 0 Å². The second kappa shape index (κ2) is 40.7. The number of fused-ring (bicyclic) bond motifs is 3. The molecule has 9 aromatic heterocycles. The second-order valence-electron chi connectivity index (χ2n) is 32.0. The van der Waals surface area contributed by atoms with Gasteiger partial charge in [-0.1, -0.05) is 200 Å². The summed E-state index contributed by atoms with van der Waals surface area (Å²) in [5, 5.41) is 58.5. The Morgan fingerprint density at radius 1 is 0.378 bits per heavy atom. The fourth-order valence-electron chi connectivity index (χ4n) is 16.4. The minimum Gasteiger partial charge on any atom is -0.505 e. The van der Waals surface area contributed by atoms with Crippen molar-refractivity contribution in [2.45, 2.75) is 80.1 Å². The summed E-state index contributed by atoms with van der Waals surface area (Å²) in [7, 11) is 0. The number of piperazine rings is 3. The van der Waals surface area contributed by atoms with Crippen molar-refractivity contribution in [1.82, 2.24) is 58.3 Å². The van der Waals surface area contributed by atoms with Crippen LogP contribution in [0.25, 0.3) is 83.9 Å². The van der Waals surface area contributed by atoms with E-state index in [2.05, 4.69) is 52.9 Å². The van der Waals surface area contributed by atoms with E-state index in [1.54, 1.807) is 72.3 Å². The van der Waals surface area contributed by atoms with E-state index >= 15 is 0 Å². The molecule has 3 saturated heterocycles. The zero-order chi connectivity index (χ0) is 98.7. The van der Waals surface area contributed by atoms with E-state index in [-0.39, 0.29) is 135 Å². The van der Waals surface area contributed by atoms with Gasteiger partial charge >= 0.3 is 0 Å². The van der Waals surface area contributed by atoms with E-state index in [1.165, 1.54) is 50.1 Å². The minimum atomic E-state index is -1.14. The van der Waals surface area contributed by atoms with Crippen LogP contribution in [0.15, 0.2) is 107 Å². The van der Waals surface area contributed by atoms with Crippen LogP contribution in [0.1, 0.15) is 110 Å². The van der Waals surface area contributed by atoms with Crippen LogP contribution in [0, 0.1) is 72.2 Å². The van der Waals surface area contributed by atoms with Crippen LogP contribution in [0.5, 0.6) is 17.2 Å². The molecule has 0 unspecified atom stereocenters. The Hall–Kier alpha value is -11.6. The molecule has 0 saturated carbocycles. The number of rotatable bonds is 15. The lowest BCUT2D eigenvalue weighted by Gasteiger charge is -2.36. The number of phenolic OH excluding ortho intramolecular Hbond substituents is 3. The van der Waals surface area contributed by atoms with Crippen LogP contribution in [0.2, 0.25) is 60.3 Å². The van der Waals surface area contributed by atoms with E-state index < -0.39 is 96.6 Å². The number of nitriles is 3. The molecule has 3 aromatic carbocycles. The van der Waals surface area contributed by atoms with Crippen molar-refractivity contribution in [3.05, 3.63) is 252 Å². The number of nitrogens with zero attached hydrogens (tertiary/aromatic N) is 18. The van der Waals surface area contributed by atoms with Crippen molar-refractivity contribution >= 4 is 207 Å². The van der Waals surface area contributed by atoms with E-state index in [4.69, 9.17) is 154 Å². The van der Waals surface area contributed by atoms with Crippen LogP contribution < -0.4 is 31.4 Å². The molecule has 0 aliphatic carbocycles. The summed E-state index contributed by atoms with van der Waals surface area (Å²) in [6, 6.07) is 15.9. The maximum Gasteiger partial charge on any atom is 0.276 e. The van der Waals surface area contributed by atoms with Gasteiger partial charge in [-0.3, -0.25) is 57.4 Å². The first-order chi connectivity index (χ1) is 64.0. The predicted octanol–water partition coefficient (Wildman–Crippen LogP) is 21.1. The number of halogens is 15. The Morgan fingerprint density at radius 3 is 0.800 bits per heavy atom. The smallest absolute Gasteiger partial charge is 0.276 e. The van der Waals surface area contributed by atoms with Gasteiger partial charge < -0.3 is 44.7 Å². The zero-order valence-electron chi connectivity index (χ0n) is 72.8. The van der Waals surface area contributed by atoms with Crippen molar-refractivity contribution < 1.29 is 42.9 Å². The average molecular weight is 2070 g/mol. The van der Waals surface area contributed by atoms with Gasteiger partial charge in [-0.05, 0) is 110 Å². The summed E-state index contributed by atoms with van der Waals surface area (Å²) in [5.74, 6) is -6.80. The number of benzene rings is 3. The highest BCUT2D eigenvalue weighted by molar-refractivity contribution is 6.47. The quantitative estimate of drug-likeness (QED) is 0.0487. The van der Waals surface area contributed by atoms with Gasteiger partial charge in [0.2, 0.25) is 17.7 Å². The third-order valence-corrected chi connectivity index (χ3v) is 27.1. The second-order valence-corrected chi connectivity index (χ2v) is 36.7. The van der Waals surface area contributed by atoms with Crippen LogP contribution in [-0.2, 0) is 14.4 Å². The van der Waals surface area contributed by atoms with Crippen molar-refractivity contribution in [3.63, 3.8) is 0 Å². The summed E-state index contributed by atoms with van der Waals surface area (Å²) in [6.07, 6.45) is 8.57. The number of aromatic nitrogens is 9. The lowest BCUT2D eigenvalue weighted by Crippen LogP contribution is -2.49. The highest BCUT2D eigenvalue weighted by atomic mass is 35.5. The number of anilines is 3. The first kappa shape index (κ1) is 101. The molecule has 0 spiro atoms. The van der Waals surface area contributed by atoms with Crippen molar-refractivity contribution in [2.75, 3.05) is 93.2 Å². The van der Waals surface area contributed by atoms with Gasteiger partial charge in [0.15, 0.2) is 34.7 Å². The molecule has 696 valence electrons. The van der Waals surface area contributed by atoms with E-state index in [9.17, 15) is 73.0 Å². The number of hydrogen-bond donors (Lipinski definition) is 3. The summed E-state index contributed by atoms with van der Waals surface area (Å²) in [5.41, 5.74) is 2.30. The molecular weight excluding hydrogens is 2000 g/mol. The normalized spacial score (nSPS) is 13.4. The molecule has 0 bridgehead atoms. The number of aromatic hydroxyl groups is 3. The molecule has 27 nitrogen and oxygen atoms in total. The Kier molecular flexibility index (Phi) is 30.4. The van der Waals surface area contributed by atoms with Gasteiger partial charge in [0.25, 0.3) is 16.7 Å². The van der Waals surface area contributed by atoms with Crippen LogP contribution in [0.3, 0.4) is 0 Å².